The number of aromatic nitrogens is 4. The van der Waals surface area contributed by atoms with Gasteiger partial charge < -0.3 is 19.7 Å². The predicted octanol–water partition coefficient (Wildman–Crippen LogP) is 2.25. The monoisotopic (exact) mass is 623 g/mol. The van der Waals surface area contributed by atoms with Crippen LogP contribution in [0.15, 0.2) is 35.3 Å². The number of benzene rings is 1. The fraction of sp³-hybridized carbons (Fsp3) is 0.433. The molecule has 0 radical (unpaired) electrons. The van der Waals surface area contributed by atoms with Crippen LogP contribution in [0.2, 0.25) is 0 Å². The van der Waals surface area contributed by atoms with E-state index in [4.69, 9.17) is 9.47 Å². The largest absolute Gasteiger partial charge is 0.467 e. The Bertz CT molecular complexity index is 1640. The van der Waals surface area contributed by atoms with Crippen LogP contribution in [0.4, 0.5) is 11.6 Å². The van der Waals surface area contributed by atoms with Crippen LogP contribution in [-0.4, -0.2) is 68.3 Å². The number of nitrogens with zero attached hydrogens (tertiary/aromatic N) is 4. The van der Waals surface area contributed by atoms with Crippen molar-refractivity contribution in [2.45, 2.75) is 72.6 Å². The maximum Gasteiger partial charge on any atom is 0.328 e. The van der Waals surface area contributed by atoms with Crippen molar-refractivity contribution in [1.82, 2.24) is 25.3 Å². The number of carbonyl (C=O) groups is 5. The third-order valence-electron chi connectivity index (χ3n) is 6.22. The molecule has 0 bridgehead atoms. The van der Waals surface area contributed by atoms with Crippen LogP contribution in [0.25, 0.3) is 11.2 Å². The van der Waals surface area contributed by atoms with E-state index in [-0.39, 0.29) is 65.5 Å². The van der Waals surface area contributed by atoms with E-state index in [9.17, 15) is 28.8 Å². The molecule has 3 amide bonds. The third-order valence-corrected chi connectivity index (χ3v) is 6.22. The lowest BCUT2D eigenvalue weighted by Gasteiger charge is -2.22. The summed E-state index contributed by atoms with van der Waals surface area (Å²) in [7, 11) is 1.18. The van der Waals surface area contributed by atoms with Crippen molar-refractivity contribution in [2.75, 3.05) is 17.3 Å². The molecule has 0 spiro atoms. The number of fused-ring (bicyclic) bond motifs is 1. The topological polar surface area (TPSA) is 203 Å². The van der Waals surface area contributed by atoms with Gasteiger partial charge in [-0.15, -0.1) is 0 Å². The summed E-state index contributed by atoms with van der Waals surface area (Å²) in [6, 6.07) is 4.93. The van der Waals surface area contributed by atoms with Crippen molar-refractivity contribution in [2.24, 2.45) is 5.92 Å². The number of methoxy groups -OCH3 is 1. The number of hydrogen-bond donors (Lipinski definition) is 3. The Morgan fingerprint density at radius 2 is 1.71 bits per heavy atom. The van der Waals surface area contributed by atoms with E-state index >= 15 is 0 Å². The van der Waals surface area contributed by atoms with Crippen molar-refractivity contribution < 1.29 is 33.4 Å². The van der Waals surface area contributed by atoms with Crippen LogP contribution >= 0.6 is 0 Å². The molecule has 15 heteroatoms. The summed E-state index contributed by atoms with van der Waals surface area (Å²) in [6.07, 6.45) is 1.23. The van der Waals surface area contributed by atoms with Crippen molar-refractivity contribution in [3.05, 3.63) is 52.1 Å². The minimum atomic E-state index is -1.09. The second-order valence-electron chi connectivity index (χ2n) is 11.4. The minimum Gasteiger partial charge on any atom is -0.467 e. The van der Waals surface area contributed by atoms with Crippen LogP contribution in [0.1, 0.15) is 70.4 Å². The van der Waals surface area contributed by atoms with E-state index in [0.29, 0.717) is 5.69 Å². The predicted molar refractivity (Wildman–Crippen MR) is 163 cm³/mol. The van der Waals surface area contributed by atoms with Gasteiger partial charge in [-0.3, -0.25) is 34.3 Å². The van der Waals surface area contributed by atoms with Crippen LogP contribution in [0.3, 0.4) is 0 Å². The zero-order valence-corrected chi connectivity index (χ0v) is 26.2. The number of rotatable bonds is 11. The van der Waals surface area contributed by atoms with Crippen molar-refractivity contribution in [3.8, 4) is 0 Å². The van der Waals surface area contributed by atoms with Gasteiger partial charge in [-0.05, 0) is 51.5 Å². The van der Waals surface area contributed by atoms with Crippen LogP contribution < -0.4 is 21.1 Å². The molecule has 0 aliphatic rings. The van der Waals surface area contributed by atoms with Gasteiger partial charge >= 0.3 is 11.9 Å². The number of ether oxygens (including phenoxy) is 2. The first kappa shape index (κ1) is 34.3. The molecule has 3 rings (SSSR count). The van der Waals surface area contributed by atoms with Gasteiger partial charge in [0.1, 0.15) is 11.6 Å². The molecule has 3 aromatic rings. The van der Waals surface area contributed by atoms with Gasteiger partial charge in [0.15, 0.2) is 11.2 Å². The zero-order chi connectivity index (χ0) is 33.5. The molecule has 0 saturated carbocycles. The Morgan fingerprint density at radius 1 is 1.04 bits per heavy atom. The molecule has 2 aromatic heterocycles. The third kappa shape index (κ3) is 9.64. The smallest absolute Gasteiger partial charge is 0.328 e. The van der Waals surface area contributed by atoms with Crippen LogP contribution in [-0.2, 0) is 35.2 Å². The van der Waals surface area contributed by atoms with E-state index < -0.39 is 35.0 Å². The van der Waals surface area contributed by atoms with Gasteiger partial charge in [0.05, 0.1) is 25.5 Å². The number of esters is 2. The van der Waals surface area contributed by atoms with E-state index in [1.807, 2.05) is 0 Å². The highest BCUT2D eigenvalue weighted by Crippen LogP contribution is 2.19. The van der Waals surface area contributed by atoms with Crippen molar-refractivity contribution >= 4 is 52.5 Å². The van der Waals surface area contributed by atoms with E-state index in [1.54, 1.807) is 34.6 Å². The average molecular weight is 624 g/mol. The second kappa shape index (κ2) is 14.5. The Labute approximate surface area is 259 Å². The summed E-state index contributed by atoms with van der Waals surface area (Å²) >= 11 is 0. The number of aromatic amines is 1. The molecule has 45 heavy (non-hydrogen) atoms. The summed E-state index contributed by atoms with van der Waals surface area (Å²) in [5.41, 5.74) is -0.457. The molecule has 15 nitrogen and oxygen atoms in total. The van der Waals surface area contributed by atoms with E-state index in [2.05, 4.69) is 30.6 Å². The molecule has 3 N–H and O–H groups in total. The summed E-state index contributed by atoms with van der Waals surface area (Å²) in [5.74, 6) is -2.88. The summed E-state index contributed by atoms with van der Waals surface area (Å²) < 4.78 is 10.0. The minimum absolute atomic E-state index is 0.0163. The number of H-pyrrole nitrogens is 1. The lowest BCUT2D eigenvalue weighted by atomic mass is 10.1. The molecule has 0 saturated heterocycles. The van der Waals surface area contributed by atoms with Crippen LogP contribution in [0, 0.1) is 5.92 Å². The van der Waals surface area contributed by atoms with Gasteiger partial charge in [0, 0.05) is 30.5 Å². The first-order chi connectivity index (χ1) is 21.1. The van der Waals surface area contributed by atoms with Crippen LogP contribution in [0.5, 0.6) is 0 Å². The Balaban J connectivity index is 1.74. The zero-order valence-electron chi connectivity index (χ0n) is 26.2. The fourth-order valence-corrected chi connectivity index (χ4v) is 3.98. The number of anilines is 2. The summed E-state index contributed by atoms with van der Waals surface area (Å²) in [5, 5.41) is 5.08. The number of nitrogens with one attached hydrogen (secondary N) is 3. The molecule has 240 valence electrons. The van der Waals surface area contributed by atoms with Gasteiger partial charge in [-0.1, -0.05) is 13.8 Å². The first-order valence-corrected chi connectivity index (χ1v) is 14.1. The van der Waals surface area contributed by atoms with E-state index in [1.165, 1.54) is 49.4 Å². The molecule has 2 heterocycles. The number of carbonyl (C=O) groups excluding carboxylic acids is 5. The number of hydrogen-bond acceptors (Lipinski definition) is 11. The fourth-order valence-electron chi connectivity index (χ4n) is 3.98. The molecule has 0 unspecified atom stereocenters. The highest BCUT2D eigenvalue weighted by molar-refractivity contribution is 5.98. The summed E-state index contributed by atoms with van der Waals surface area (Å²) in [6.45, 7) is 9.86. The molecule has 1 atom stereocenters. The van der Waals surface area contributed by atoms with Gasteiger partial charge in [-0.25, -0.2) is 14.8 Å². The second-order valence-corrected chi connectivity index (χ2v) is 11.4. The van der Waals surface area contributed by atoms with Gasteiger partial charge in [0.25, 0.3) is 11.5 Å². The maximum atomic E-state index is 12.9. The van der Waals surface area contributed by atoms with Gasteiger partial charge in [0.2, 0.25) is 17.8 Å². The maximum absolute atomic E-state index is 12.9. The normalized spacial score (nSPS) is 11.9. The van der Waals surface area contributed by atoms with E-state index in [0.717, 1.165) is 0 Å². The first-order valence-electron chi connectivity index (χ1n) is 14.1. The Kier molecular flexibility index (Phi) is 11.1. The Morgan fingerprint density at radius 3 is 2.29 bits per heavy atom. The average Bonchev–Trinajstić information content (AvgIpc) is 2.96. The summed E-state index contributed by atoms with van der Waals surface area (Å²) in [4.78, 5) is 90.9. The lowest BCUT2D eigenvalue weighted by Crippen LogP contribution is -2.42. The molecular weight excluding hydrogens is 586 g/mol. The molecule has 1 aromatic carbocycles. The SMILES string of the molecule is COC(=O)[C@H](CCC(=O)OC(C)(C)C)NC(=O)c1ccc(N(Cc2cnc3nc(NC(=O)C(C)C)[nH]c(=O)c3n2)C(C)=O)cc1. The van der Waals surface area contributed by atoms with Crippen molar-refractivity contribution in [1.29, 1.82) is 0 Å². The molecular formula is C30H37N7O8. The lowest BCUT2D eigenvalue weighted by molar-refractivity contribution is -0.155. The molecule has 0 aliphatic carbocycles. The molecule has 0 aliphatic heterocycles. The quantitative estimate of drug-likeness (QED) is 0.264. The Hall–Kier alpha value is -5.21. The highest BCUT2D eigenvalue weighted by Gasteiger charge is 2.25. The molecule has 0 fully saturated rings. The van der Waals surface area contributed by atoms with Crippen molar-refractivity contribution in [3.63, 3.8) is 0 Å². The highest BCUT2D eigenvalue weighted by atomic mass is 16.6. The van der Waals surface area contributed by atoms with Gasteiger partial charge in [-0.2, -0.15) is 4.98 Å². The number of amides is 3. The standard InChI is InChI=1S/C30H37N7O8/c1-16(2)25(40)35-29-34-24-23(27(42)36-29)32-19(14-31-24)15-37(17(3)38)20-10-8-18(9-11-20)26(41)33-21(28(43)44-7)12-13-22(39)45-30(4,5)6/h8-11,14,16,21H,12-13,15H2,1-7H3,(H,33,41)(H2,31,34,35,36,40,42)/t21-/m0/s1.